The molecule has 1 aromatic rings. The molecule has 3 heterocycles. The number of nitrogens with zero attached hydrogens (tertiary/aromatic N) is 2. The number of hydrogen-bond acceptors (Lipinski definition) is 7. The zero-order chi connectivity index (χ0) is 17.2. The zero-order valence-electron chi connectivity index (χ0n) is 14.2. The molecule has 8 heteroatoms. The molecule has 3 rings (SSSR count). The van der Waals surface area contributed by atoms with Crippen LogP contribution in [0.3, 0.4) is 0 Å². The number of hydrogen-bond donors (Lipinski definition) is 0. The molecule has 0 atom stereocenters. The van der Waals surface area contributed by atoms with Gasteiger partial charge in [0.1, 0.15) is 16.5 Å². The largest absolute Gasteiger partial charge is 0.481 e. The van der Waals surface area contributed by atoms with E-state index in [2.05, 4.69) is 9.97 Å². The highest BCUT2D eigenvalue weighted by atomic mass is 35.5. The van der Waals surface area contributed by atoms with Gasteiger partial charge >= 0.3 is 0 Å². The lowest BCUT2D eigenvalue weighted by atomic mass is 9.91. The molecule has 1 aromatic heterocycles. The highest BCUT2D eigenvalue weighted by molar-refractivity contribution is 6.30. The average molecular weight is 359 g/mol. The maximum Gasteiger partial charge on any atom is 0.226 e. The Labute approximate surface area is 146 Å². The standard InChI is InChI=1S/C16H23ClN2O5/c1-16(2,15-23-8-5-9-24-15)14-18-11(17)10(12(19-14)20-3)13-21-6-4-7-22-13/h13,15H,4-9H2,1-3H3. The monoisotopic (exact) mass is 358 g/mol. The average Bonchev–Trinajstić information content (AvgIpc) is 2.62. The van der Waals surface area contributed by atoms with E-state index in [-0.39, 0.29) is 5.15 Å². The Morgan fingerprint density at radius 3 is 2.17 bits per heavy atom. The van der Waals surface area contributed by atoms with Gasteiger partial charge in [0.25, 0.3) is 0 Å². The topological polar surface area (TPSA) is 71.9 Å². The summed E-state index contributed by atoms with van der Waals surface area (Å²) in [5, 5.41) is 0.257. The SMILES string of the molecule is COc1nc(C(C)(C)C2OCCCO2)nc(Cl)c1C1OCCCO1. The fourth-order valence-corrected chi connectivity index (χ4v) is 2.98. The van der Waals surface area contributed by atoms with E-state index >= 15 is 0 Å². The third kappa shape index (κ3) is 3.50. The minimum absolute atomic E-state index is 0.257. The maximum absolute atomic E-state index is 6.42. The number of methoxy groups -OCH3 is 1. The molecule has 0 aliphatic carbocycles. The Hall–Kier alpha value is -0.990. The summed E-state index contributed by atoms with van der Waals surface area (Å²) in [6.45, 7) is 6.42. The molecule has 24 heavy (non-hydrogen) atoms. The molecule has 134 valence electrons. The quantitative estimate of drug-likeness (QED) is 0.766. The molecule has 0 radical (unpaired) electrons. The lowest BCUT2D eigenvalue weighted by molar-refractivity contribution is -0.210. The first-order chi connectivity index (χ1) is 11.5. The highest BCUT2D eigenvalue weighted by Gasteiger charge is 2.39. The van der Waals surface area contributed by atoms with Crippen molar-refractivity contribution in [1.82, 2.24) is 9.97 Å². The minimum Gasteiger partial charge on any atom is -0.481 e. The van der Waals surface area contributed by atoms with Crippen LogP contribution in [0.1, 0.15) is 44.4 Å². The smallest absolute Gasteiger partial charge is 0.226 e. The van der Waals surface area contributed by atoms with Gasteiger partial charge in [0, 0.05) is 0 Å². The third-order valence-corrected chi connectivity index (χ3v) is 4.40. The molecule has 0 aromatic carbocycles. The molecule has 2 saturated heterocycles. The minimum atomic E-state index is -0.611. The lowest BCUT2D eigenvalue weighted by Crippen LogP contribution is -2.42. The van der Waals surface area contributed by atoms with E-state index in [0.29, 0.717) is 43.7 Å². The van der Waals surface area contributed by atoms with E-state index in [0.717, 1.165) is 12.8 Å². The summed E-state index contributed by atoms with van der Waals surface area (Å²) in [7, 11) is 1.54. The van der Waals surface area contributed by atoms with Crippen molar-refractivity contribution in [3.05, 3.63) is 16.5 Å². The number of rotatable bonds is 4. The molecule has 0 N–H and O–H groups in total. The number of halogens is 1. The van der Waals surface area contributed by atoms with Crippen LogP contribution in [0.25, 0.3) is 0 Å². The van der Waals surface area contributed by atoms with E-state index in [4.69, 9.17) is 35.3 Å². The number of aromatic nitrogens is 2. The molecular formula is C16H23ClN2O5. The van der Waals surface area contributed by atoms with Crippen LogP contribution in [-0.2, 0) is 24.4 Å². The summed E-state index contributed by atoms with van der Waals surface area (Å²) in [5.74, 6) is 0.844. The van der Waals surface area contributed by atoms with Gasteiger partial charge in [-0.25, -0.2) is 4.98 Å². The molecule has 2 fully saturated rings. The second-order valence-corrected chi connectivity index (χ2v) is 6.69. The second-order valence-electron chi connectivity index (χ2n) is 6.34. The summed E-state index contributed by atoms with van der Waals surface area (Å²) in [6, 6.07) is 0. The van der Waals surface area contributed by atoms with Crippen LogP contribution in [0.15, 0.2) is 0 Å². The molecule has 7 nitrogen and oxygen atoms in total. The predicted octanol–water partition coefficient (Wildman–Crippen LogP) is 2.61. The Balaban J connectivity index is 1.93. The van der Waals surface area contributed by atoms with Crippen molar-refractivity contribution in [2.24, 2.45) is 0 Å². The second kappa shape index (κ2) is 7.49. The lowest BCUT2D eigenvalue weighted by Gasteiger charge is -2.35. The van der Waals surface area contributed by atoms with Crippen LogP contribution in [-0.4, -0.2) is 49.8 Å². The van der Waals surface area contributed by atoms with Crippen molar-refractivity contribution in [1.29, 1.82) is 0 Å². The molecule has 0 saturated carbocycles. The van der Waals surface area contributed by atoms with Crippen molar-refractivity contribution in [2.75, 3.05) is 33.5 Å². The van der Waals surface area contributed by atoms with Crippen LogP contribution in [0, 0.1) is 0 Å². The first kappa shape index (κ1) is 17.8. The van der Waals surface area contributed by atoms with Crippen LogP contribution < -0.4 is 4.74 Å². The van der Waals surface area contributed by atoms with E-state index in [1.54, 1.807) is 0 Å². The molecule has 2 aliphatic heterocycles. The van der Waals surface area contributed by atoms with Gasteiger partial charge in [-0.15, -0.1) is 0 Å². The molecule has 0 unspecified atom stereocenters. The first-order valence-corrected chi connectivity index (χ1v) is 8.50. The summed E-state index contributed by atoms with van der Waals surface area (Å²) < 4.78 is 28.1. The van der Waals surface area contributed by atoms with Gasteiger partial charge in [-0.3, -0.25) is 0 Å². The van der Waals surface area contributed by atoms with Gasteiger partial charge in [0.2, 0.25) is 5.88 Å². The molecule has 0 spiro atoms. The van der Waals surface area contributed by atoms with Gasteiger partial charge in [0.15, 0.2) is 12.6 Å². The van der Waals surface area contributed by atoms with Gasteiger partial charge in [-0.05, 0) is 26.7 Å². The summed E-state index contributed by atoms with van der Waals surface area (Å²) >= 11 is 6.42. The fraction of sp³-hybridized carbons (Fsp3) is 0.750. The van der Waals surface area contributed by atoms with Crippen LogP contribution >= 0.6 is 11.6 Å². The van der Waals surface area contributed by atoms with Gasteiger partial charge in [0.05, 0.1) is 39.0 Å². The van der Waals surface area contributed by atoms with Gasteiger partial charge < -0.3 is 23.7 Å². The summed E-state index contributed by atoms with van der Waals surface area (Å²) in [4.78, 5) is 8.99. The first-order valence-electron chi connectivity index (χ1n) is 8.12. The summed E-state index contributed by atoms with van der Waals surface area (Å²) in [5.41, 5.74) is -0.0617. The van der Waals surface area contributed by atoms with E-state index in [1.807, 2.05) is 13.8 Å². The summed E-state index contributed by atoms with van der Waals surface area (Å²) in [6.07, 6.45) is 0.687. The van der Waals surface area contributed by atoms with Crippen molar-refractivity contribution in [3.8, 4) is 5.88 Å². The van der Waals surface area contributed by atoms with E-state index < -0.39 is 18.0 Å². The molecule has 0 amide bonds. The van der Waals surface area contributed by atoms with Crippen molar-refractivity contribution >= 4 is 11.6 Å². The fourth-order valence-electron chi connectivity index (χ4n) is 2.73. The number of ether oxygens (including phenoxy) is 5. The highest BCUT2D eigenvalue weighted by Crippen LogP contribution is 2.37. The van der Waals surface area contributed by atoms with E-state index in [1.165, 1.54) is 7.11 Å². The zero-order valence-corrected chi connectivity index (χ0v) is 15.0. The normalized spacial score (nSPS) is 21.0. The van der Waals surface area contributed by atoms with Crippen molar-refractivity contribution in [2.45, 2.75) is 44.7 Å². The van der Waals surface area contributed by atoms with Crippen molar-refractivity contribution < 1.29 is 23.7 Å². The van der Waals surface area contributed by atoms with Crippen molar-refractivity contribution in [3.63, 3.8) is 0 Å². The predicted molar refractivity (Wildman–Crippen MR) is 86.2 cm³/mol. The Kier molecular flexibility index (Phi) is 5.56. The Morgan fingerprint density at radius 2 is 1.58 bits per heavy atom. The molecule has 0 bridgehead atoms. The van der Waals surface area contributed by atoms with Crippen LogP contribution in [0.5, 0.6) is 5.88 Å². The Morgan fingerprint density at radius 1 is 1.00 bits per heavy atom. The Bertz CT molecular complexity index is 572. The van der Waals surface area contributed by atoms with Crippen LogP contribution in [0.4, 0.5) is 0 Å². The van der Waals surface area contributed by atoms with Gasteiger partial charge in [-0.1, -0.05) is 11.6 Å². The maximum atomic E-state index is 6.42. The van der Waals surface area contributed by atoms with E-state index in [9.17, 15) is 0 Å². The third-order valence-electron chi connectivity index (χ3n) is 4.11. The molecular weight excluding hydrogens is 336 g/mol. The van der Waals surface area contributed by atoms with Crippen LogP contribution in [0.2, 0.25) is 5.15 Å². The molecule has 2 aliphatic rings. The van der Waals surface area contributed by atoms with Gasteiger partial charge in [-0.2, -0.15) is 4.98 Å².